The molecule has 7 heteroatoms. The van der Waals surface area contributed by atoms with Crippen LogP contribution in [-0.2, 0) is 17.4 Å². The van der Waals surface area contributed by atoms with E-state index >= 15 is 0 Å². The van der Waals surface area contributed by atoms with Gasteiger partial charge in [-0.1, -0.05) is 19.1 Å². The Kier molecular flexibility index (Phi) is 8.76. The molecule has 4 nitrogen and oxygen atoms in total. The van der Waals surface area contributed by atoms with E-state index < -0.39 is 11.7 Å². The third-order valence-corrected chi connectivity index (χ3v) is 5.38. The molecule has 1 atom stereocenters. The Hall–Kier alpha value is -1.60. The first-order valence-electron chi connectivity index (χ1n) is 10.2. The predicted molar refractivity (Wildman–Crippen MR) is 105 cm³/mol. The molecule has 1 heterocycles. The van der Waals surface area contributed by atoms with Crippen LogP contribution in [0.4, 0.5) is 13.2 Å². The molecule has 0 bridgehead atoms. The van der Waals surface area contributed by atoms with Crippen molar-refractivity contribution in [1.82, 2.24) is 15.1 Å². The summed E-state index contributed by atoms with van der Waals surface area (Å²) >= 11 is 0. The average Bonchev–Trinajstić information content (AvgIpc) is 2.85. The van der Waals surface area contributed by atoms with Gasteiger partial charge in [0.2, 0.25) is 5.91 Å². The molecule has 1 aliphatic heterocycles. The molecule has 1 N–H and O–H groups in total. The zero-order valence-corrected chi connectivity index (χ0v) is 16.9. The highest BCUT2D eigenvalue weighted by molar-refractivity contribution is 5.78. The van der Waals surface area contributed by atoms with Crippen LogP contribution in [0.15, 0.2) is 24.3 Å². The molecular weight excluding hydrogens is 367 g/mol. The molecule has 28 heavy (non-hydrogen) atoms. The second-order valence-electron chi connectivity index (χ2n) is 7.49. The SMILES string of the molecule is CCN(CCCCN1CCCNCC1=O)C(C)Cc1ccc(C(F)(F)F)cc1. The van der Waals surface area contributed by atoms with Crippen LogP contribution in [0.25, 0.3) is 0 Å². The van der Waals surface area contributed by atoms with Gasteiger partial charge >= 0.3 is 6.18 Å². The van der Waals surface area contributed by atoms with Crippen molar-refractivity contribution in [2.45, 2.75) is 51.7 Å². The normalized spacial score (nSPS) is 17.1. The van der Waals surface area contributed by atoms with Gasteiger partial charge in [-0.3, -0.25) is 4.79 Å². The largest absolute Gasteiger partial charge is 0.416 e. The number of alkyl halides is 3. The Morgan fingerprint density at radius 2 is 1.93 bits per heavy atom. The zero-order chi connectivity index (χ0) is 20.6. The van der Waals surface area contributed by atoms with E-state index in [1.54, 1.807) is 12.1 Å². The van der Waals surface area contributed by atoms with Crippen molar-refractivity contribution >= 4 is 5.91 Å². The van der Waals surface area contributed by atoms with Gasteiger partial charge in [0.15, 0.2) is 0 Å². The zero-order valence-electron chi connectivity index (χ0n) is 16.9. The third-order valence-electron chi connectivity index (χ3n) is 5.38. The van der Waals surface area contributed by atoms with Crippen LogP contribution in [-0.4, -0.2) is 61.0 Å². The minimum Gasteiger partial charge on any atom is -0.342 e. The summed E-state index contributed by atoms with van der Waals surface area (Å²) in [5.41, 5.74) is 0.316. The van der Waals surface area contributed by atoms with Crippen molar-refractivity contribution < 1.29 is 18.0 Å². The van der Waals surface area contributed by atoms with Gasteiger partial charge in [0.05, 0.1) is 12.1 Å². The number of hydrogen-bond donors (Lipinski definition) is 1. The molecule has 1 saturated heterocycles. The first-order chi connectivity index (χ1) is 13.3. The van der Waals surface area contributed by atoms with Crippen LogP contribution in [0.3, 0.4) is 0 Å². The first kappa shape index (κ1) is 22.7. The van der Waals surface area contributed by atoms with Crippen molar-refractivity contribution in [2.75, 3.05) is 39.3 Å². The smallest absolute Gasteiger partial charge is 0.342 e. The second kappa shape index (κ2) is 10.8. The van der Waals surface area contributed by atoms with Crippen molar-refractivity contribution in [1.29, 1.82) is 0 Å². The summed E-state index contributed by atoms with van der Waals surface area (Å²) in [6, 6.07) is 5.72. The summed E-state index contributed by atoms with van der Waals surface area (Å²) in [4.78, 5) is 16.3. The summed E-state index contributed by atoms with van der Waals surface area (Å²) in [7, 11) is 0. The van der Waals surface area contributed by atoms with Crippen molar-refractivity contribution in [3.8, 4) is 0 Å². The van der Waals surface area contributed by atoms with E-state index in [9.17, 15) is 18.0 Å². The standard InChI is InChI=1S/C21H32F3N3O/c1-3-26(12-4-5-13-27-14-6-11-25-16-20(27)28)17(2)15-18-7-9-19(10-8-18)21(22,23)24/h7-10,17,25H,3-6,11-16H2,1-2H3. The number of carbonyl (C=O) groups is 1. The van der Waals surface area contributed by atoms with E-state index in [4.69, 9.17) is 0 Å². The van der Waals surface area contributed by atoms with E-state index in [0.29, 0.717) is 6.54 Å². The third kappa shape index (κ3) is 7.09. The minimum absolute atomic E-state index is 0.181. The van der Waals surface area contributed by atoms with Crippen LogP contribution in [0, 0.1) is 0 Å². The molecule has 1 amide bonds. The van der Waals surface area contributed by atoms with Gasteiger partial charge in [0, 0.05) is 19.1 Å². The van der Waals surface area contributed by atoms with Crippen LogP contribution >= 0.6 is 0 Å². The van der Waals surface area contributed by atoms with Crippen LogP contribution in [0.5, 0.6) is 0 Å². The van der Waals surface area contributed by atoms with Crippen LogP contribution in [0.2, 0.25) is 0 Å². The average molecular weight is 400 g/mol. The minimum atomic E-state index is -4.29. The van der Waals surface area contributed by atoms with Gasteiger partial charge in [-0.05, 0) is 69.9 Å². The number of likely N-dealkylation sites (N-methyl/N-ethyl adjacent to an activating group) is 1. The van der Waals surface area contributed by atoms with Gasteiger partial charge in [-0.15, -0.1) is 0 Å². The second-order valence-corrected chi connectivity index (χ2v) is 7.49. The molecule has 1 aromatic carbocycles. The number of hydrogen-bond acceptors (Lipinski definition) is 3. The summed E-state index contributed by atoms with van der Waals surface area (Å²) in [5.74, 6) is 0.181. The lowest BCUT2D eigenvalue weighted by Gasteiger charge is -2.28. The fraction of sp³-hybridized carbons (Fsp3) is 0.667. The number of halogens is 3. The number of benzene rings is 1. The molecule has 2 rings (SSSR count). The van der Waals surface area contributed by atoms with Gasteiger partial charge in [-0.25, -0.2) is 0 Å². The Morgan fingerprint density at radius 3 is 2.57 bits per heavy atom. The maximum absolute atomic E-state index is 12.7. The Morgan fingerprint density at radius 1 is 1.21 bits per heavy atom. The summed E-state index contributed by atoms with van der Waals surface area (Å²) in [6.07, 6.45) is -0.596. The van der Waals surface area contributed by atoms with E-state index in [-0.39, 0.29) is 11.9 Å². The predicted octanol–water partition coefficient (Wildman–Crippen LogP) is 3.56. The Labute approximate surface area is 166 Å². The van der Waals surface area contributed by atoms with E-state index in [1.165, 1.54) is 0 Å². The molecule has 0 aliphatic carbocycles. The lowest BCUT2D eigenvalue weighted by molar-refractivity contribution is -0.137. The molecule has 0 aromatic heterocycles. The van der Waals surface area contributed by atoms with Crippen molar-refractivity contribution in [2.24, 2.45) is 0 Å². The lowest BCUT2D eigenvalue weighted by atomic mass is 10.0. The topological polar surface area (TPSA) is 35.6 Å². The molecule has 1 fully saturated rings. The monoisotopic (exact) mass is 399 g/mol. The van der Waals surface area contributed by atoms with Crippen molar-refractivity contribution in [3.63, 3.8) is 0 Å². The van der Waals surface area contributed by atoms with Crippen molar-refractivity contribution in [3.05, 3.63) is 35.4 Å². The fourth-order valence-corrected chi connectivity index (χ4v) is 3.67. The fourth-order valence-electron chi connectivity index (χ4n) is 3.67. The Bertz CT molecular complexity index is 604. The highest BCUT2D eigenvalue weighted by Gasteiger charge is 2.30. The maximum atomic E-state index is 12.7. The van der Waals surface area contributed by atoms with Gasteiger partial charge in [0.25, 0.3) is 0 Å². The van der Waals surface area contributed by atoms with E-state index in [2.05, 4.69) is 24.1 Å². The highest BCUT2D eigenvalue weighted by atomic mass is 19.4. The molecule has 158 valence electrons. The van der Waals surface area contributed by atoms with E-state index in [0.717, 1.165) is 76.1 Å². The molecular formula is C21H32F3N3O. The van der Waals surface area contributed by atoms with Gasteiger partial charge in [-0.2, -0.15) is 13.2 Å². The molecule has 0 radical (unpaired) electrons. The highest BCUT2D eigenvalue weighted by Crippen LogP contribution is 2.29. The van der Waals surface area contributed by atoms with Gasteiger partial charge < -0.3 is 15.1 Å². The quantitative estimate of drug-likeness (QED) is 0.645. The van der Waals surface area contributed by atoms with Gasteiger partial charge in [0.1, 0.15) is 0 Å². The lowest BCUT2D eigenvalue weighted by Crippen LogP contribution is -2.37. The number of rotatable bonds is 9. The number of nitrogens with one attached hydrogen (secondary N) is 1. The van der Waals surface area contributed by atoms with Crippen LogP contribution < -0.4 is 5.32 Å². The Balaban J connectivity index is 1.76. The maximum Gasteiger partial charge on any atom is 0.416 e. The number of unbranched alkanes of at least 4 members (excludes halogenated alkanes) is 1. The molecule has 0 spiro atoms. The number of carbonyl (C=O) groups excluding carboxylic acids is 1. The van der Waals surface area contributed by atoms with E-state index in [1.807, 2.05) is 4.90 Å². The summed E-state index contributed by atoms with van der Waals surface area (Å²) in [6.45, 7) is 9.00. The van der Waals surface area contributed by atoms with Crippen LogP contribution in [0.1, 0.15) is 44.2 Å². The molecule has 1 unspecified atom stereocenters. The number of nitrogens with zero attached hydrogens (tertiary/aromatic N) is 2. The molecule has 1 aliphatic rings. The summed E-state index contributed by atoms with van der Waals surface area (Å²) < 4.78 is 38.0. The first-order valence-corrected chi connectivity index (χ1v) is 10.2. The molecule has 0 saturated carbocycles. The summed E-state index contributed by atoms with van der Waals surface area (Å²) in [5, 5.41) is 3.13. The molecule has 1 aromatic rings. The number of amides is 1.